The Balaban J connectivity index is 0.000000196. The van der Waals surface area contributed by atoms with Crippen molar-refractivity contribution in [1.29, 1.82) is 0 Å². The van der Waals surface area contributed by atoms with E-state index >= 15 is 0 Å². The molecule has 15 nitrogen and oxygen atoms in total. The molecule has 0 aromatic heterocycles. The molecule has 0 aliphatic carbocycles. The molecule has 18 heteroatoms. The average molecular weight is 861 g/mol. The smallest absolute Gasteiger partial charge is 0.307 e. The van der Waals surface area contributed by atoms with Crippen molar-refractivity contribution in [1.82, 2.24) is 14.2 Å². The first-order chi connectivity index (χ1) is 27.8. The lowest BCUT2D eigenvalue weighted by atomic mass is 10.0. The number of hydrogen-bond acceptors (Lipinski definition) is 9. The molecule has 59 heavy (non-hydrogen) atoms. The highest BCUT2D eigenvalue weighted by Crippen LogP contribution is 2.27. The number of hydrogen-bond donors (Lipinski definition) is 6. The Hall–Kier alpha value is -6.50. The van der Waals surface area contributed by atoms with Gasteiger partial charge in [0, 0.05) is 16.2 Å². The van der Waals surface area contributed by atoms with Gasteiger partial charge < -0.3 is 16.0 Å². The number of sulfonamides is 3. The zero-order chi connectivity index (χ0) is 43.4. The van der Waals surface area contributed by atoms with Gasteiger partial charge in [0.1, 0.15) is 0 Å². The second-order valence-corrected chi connectivity index (χ2v) is 18.9. The van der Waals surface area contributed by atoms with Crippen molar-refractivity contribution in [3.8, 4) is 0 Å². The molecule has 0 bridgehead atoms. The lowest BCUT2D eigenvalue weighted by Gasteiger charge is -2.13. The van der Waals surface area contributed by atoms with Gasteiger partial charge in [-0.15, -0.1) is 6.58 Å². The van der Waals surface area contributed by atoms with E-state index in [-0.39, 0.29) is 5.75 Å². The highest BCUT2D eigenvalue weighted by molar-refractivity contribution is 7.90. The van der Waals surface area contributed by atoms with Crippen molar-refractivity contribution in [2.24, 2.45) is 0 Å². The van der Waals surface area contributed by atoms with Crippen molar-refractivity contribution in [2.45, 2.75) is 26.0 Å². The fourth-order valence-electron chi connectivity index (χ4n) is 5.42. The van der Waals surface area contributed by atoms with Gasteiger partial charge in [-0.25, -0.2) is 53.8 Å². The van der Waals surface area contributed by atoms with Crippen molar-refractivity contribution in [2.75, 3.05) is 28.0 Å². The number of rotatable bonds is 9. The van der Waals surface area contributed by atoms with Crippen LogP contribution < -0.4 is 30.1 Å². The number of carbonyl (C=O) groups is 3. The highest BCUT2D eigenvalue weighted by Gasteiger charge is 2.19. The van der Waals surface area contributed by atoms with Gasteiger partial charge >= 0.3 is 18.1 Å². The predicted molar refractivity (Wildman–Crippen MR) is 236 cm³/mol. The number of benzene rings is 6. The minimum atomic E-state index is -3.68. The van der Waals surface area contributed by atoms with Crippen molar-refractivity contribution < 1.29 is 39.6 Å². The van der Waals surface area contributed by atoms with Crippen LogP contribution >= 0.6 is 0 Å². The van der Waals surface area contributed by atoms with Gasteiger partial charge in [0.25, 0.3) is 0 Å². The number of amides is 6. The summed E-state index contributed by atoms with van der Waals surface area (Å²) in [6.07, 6.45) is 2.14. The molecule has 6 amide bonds. The van der Waals surface area contributed by atoms with Gasteiger partial charge in [0.05, 0.1) is 34.3 Å². The molecule has 0 heterocycles. The van der Waals surface area contributed by atoms with Crippen LogP contribution in [-0.4, -0.2) is 60.6 Å². The molecule has 0 fully saturated rings. The molecule has 6 rings (SSSR count). The molecule has 0 spiro atoms. The summed E-state index contributed by atoms with van der Waals surface area (Å²) < 4.78 is 73.9. The largest absolute Gasteiger partial charge is 0.332 e. The molecular weight excluding hydrogens is 817 g/mol. The zero-order valence-corrected chi connectivity index (χ0v) is 35.0. The summed E-state index contributed by atoms with van der Waals surface area (Å²) in [5.41, 5.74) is 2.78. The first-order valence-electron chi connectivity index (χ1n) is 17.8. The summed E-state index contributed by atoms with van der Waals surface area (Å²) in [5.74, 6) is -0.310. The second-order valence-electron chi connectivity index (χ2n) is 13.1. The summed E-state index contributed by atoms with van der Waals surface area (Å²) in [4.78, 5) is 35.0. The number of carbonyl (C=O) groups excluding carboxylic acids is 3. The zero-order valence-electron chi connectivity index (χ0n) is 32.5. The second kappa shape index (κ2) is 19.8. The minimum Gasteiger partial charge on any atom is -0.307 e. The van der Waals surface area contributed by atoms with Gasteiger partial charge in [-0.05, 0) is 60.7 Å². The standard InChI is InChI=1S/C15H18N2O3S.C14H14N2O3S.C12H12N2O3S/c1-10(2)21(19,20)17-15(18)16-14-9-8-11(3)12-6-4-5-7-13(12)14;1-2-10-20(18,19)16-14(17)15-13-9-5-7-11-6-3-4-8-12(11)13;1-18(16,17)14-12(15)13-11-8-4-6-9-5-2-3-7-10(9)11/h4-10H,1-3H3,(H2,16,17,18);2-9H,1,10H2,(H2,15,16,17);2-8H,1H3,(H2,13,14,15). The van der Waals surface area contributed by atoms with Crippen LogP contribution in [0.25, 0.3) is 32.3 Å². The Morgan fingerprint density at radius 3 is 1.42 bits per heavy atom. The van der Waals surface area contributed by atoms with E-state index in [0.29, 0.717) is 17.1 Å². The molecule has 0 aliphatic rings. The third-order valence-electron chi connectivity index (χ3n) is 8.19. The number of nitrogens with one attached hydrogen (secondary N) is 6. The molecule has 310 valence electrons. The maximum Gasteiger partial charge on any atom is 0.332 e. The number of anilines is 3. The molecule has 0 saturated carbocycles. The topological polar surface area (TPSA) is 226 Å². The van der Waals surface area contributed by atoms with Crippen LogP contribution in [0.3, 0.4) is 0 Å². The maximum absolute atomic E-state index is 11.9. The summed E-state index contributed by atoms with van der Waals surface area (Å²) in [7, 11) is -10.9. The normalized spacial score (nSPS) is 11.3. The fourth-order valence-corrected chi connectivity index (χ4v) is 7.08. The van der Waals surface area contributed by atoms with E-state index in [2.05, 4.69) is 22.5 Å². The van der Waals surface area contributed by atoms with Crippen molar-refractivity contribution in [3.63, 3.8) is 0 Å². The van der Waals surface area contributed by atoms with E-state index in [4.69, 9.17) is 0 Å². The first kappa shape index (κ1) is 45.2. The Morgan fingerprint density at radius 2 is 0.949 bits per heavy atom. The predicted octanol–water partition coefficient (Wildman–Crippen LogP) is 7.41. The van der Waals surface area contributed by atoms with Crippen LogP contribution in [0.2, 0.25) is 0 Å². The van der Waals surface area contributed by atoms with Gasteiger partial charge in [0.15, 0.2) is 0 Å². The Morgan fingerprint density at radius 1 is 0.542 bits per heavy atom. The molecule has 0 saturated heterocycles. The third kappa shape index (κ3) is 13.6. The first-order valence-corrected chi connectivity index (χ1v) is 22.8. The van der Waals surface area contributed by atoms with Gasteiger partial charge in [0.2, 0.25) is 30.1 Å². The molecule has 0 atom stereocenters. The quantitative estimate of drug-likeness (QED) is 0.0795. The van der Waals surface area contributed by atoms with Crippen LogP contribution in [0.5, 0.6) is 0 Å². The van der Waals surface area contributed by atoms with Crippen molar-refractivity contribution >= 4 is 97.5 Å². The van der Waals surface area contributed by atoms with Crippen LogP contribution in [-0.2, 0) is 30.1 Å². The number of aryl methyl sites for hydroxylation is 1. The van der Waals surface area contributed by atoms with E-state index in [9.17, 15) is 39.6 Å². The number of fused-ring (bicyclic) bond motifs is 3. The van der Waals surface area contributed by atoms with Crippen LogP contribution in [0.15, 0.2) is 134 Å². The van der Waals surface area contributed by atoms with E-state index < -0.39 is 53.4 Å². The van der Waals surface area contributed by atoms with E-state index in [1.165, 1.54) is 19.9 Å². The van der Waals surface area contributed by atoms with E-state index in [1.807, 2.05) is 112 Å². The summed E-state index contributed by atoms with van der Waals surface area (Å²) in [6.45, 7) is 8.33. The Bertz CT molecular complexity index is 2840. The van der Waals surface area contributed by atoms with Crippen LogP contribution in [0, 0.1) is 6.92 Å². The molecule has 6 aromatic carbocycles. The summed E-state index contributed by atoms with van der Waals surface area (Å²) >= 11 is 0. The molecular formula is C41H44N6O9S3. The van der Waals surface area contributed by atoms with Gasteiger partial charge in [-0.1, -0.05) is 109 Å². The monoisotopic (exact) mass is 860 g/mol. The van der Waals surface area contributed by atoms with E-state index in [0.717, 1.165) is 44.1 Å². The van der Waals surface area contributed by atoms with Gasteiger partial charge in [-0.2, -0.15) is 0 Å². The maximum atomic E-state index is 11.9. The fraction of sp³-hybridized carbons (Fsp3) is 0.146. The molecule has 6 N–H and O–H groups in total. The average Bonchev–Trinajstić information content (AvgIpc) is 3.15. The lowest BCUT2D eigenvalue weighted by molar-refractivity contribution is 0.255. The minimum absolute atomic E-state index is 0.310. The molecule has 0 unspecified atom stereocenters. The van der Waals surface area contributed by atoms with Gasteiger partial charge in [-0.3, -0.25) is 0 Å². The van der Waals surface area contributed by atoms with Crippen molar-refractivity contribution in [3.05, 3.63) is 140 Å². The molecule has 6 aromatic rings. The SMILES string of the molecule is C=CCS(=O)(=O)NC(=O)Nc1cccc2ccccc12.CS(=O)(=O)NC(=O)Nc1cccc2ccccc12.Cc1ccc(NC(=O)NS(=O)(=O)C(C)C)c2ccccc12. The van der Waals surface area contributed by atoms with Crippen LogP contribution in [0.4, 0.5) is 31.4 Å². The summed E-state index contributed by atoms with van der Waals surface area (Å²) in [5, 5.41) is 12.5. The van der Waals surface area contributed by atoms with Crippen LogP contribution in [0.1, 0.15) is 19.4 Å². The highest BCUT2D eigenvalue weighted by atomic mass is 32.2. The molecule has 0 radical (unpaired) electrons. The lowest BCUT2D eigenvalue weighted by Crippen LogP contribution is -2.38. The number of urea groups is 3. The molecule has 0 aliphatic heterocycles. The third-order valence-corrected chi connectivity index (χ3v) is 11.6. The summed E-state index contributed by atoms with van der Waals surface area (Å²) in [6, 6.07) is 34.8. The Labute approximate surface area is 343 Å². The Kier molecular flexibility index (Phi) is 15.1. The van der Waals surface area contributed by atoms with E-state index in [1.54, 1.807) is 30.3 Å².